The molecule has 14 heavy (non-hydrogen) atoms. The van der Waals surface area contributed by atoms with E-state index < -0.39 is 0 Å². The van der Waals surface area contributed by atoms with Crippen LogP contribution in [0.25, 0.3) is 0 Å². The average molecular weight is 195 g/mol. The van der Waals surface area contributed by atoms with Gasteiger partial charge in [0.25, 0.3) is 0 Å². The number of aliphatic hydroxyl groups excluding tert-OH is 1. The molecular formula is C11H17NO2. The minimum absolute atomic E-state index is 0.0224. The van der Waals surface area contributed by atoms with Crippen molar-refractivity contribution in [2.75, 3.05) is 0 Å². The summed E-state index contributed by atoms with van der Waals surface area (Å²) in [6.07, 6.45) is 4.58. The SMILES string of the molecule is C=CC(=O)CCCC(O)CCCC#N. The fourth-order valence-electron chi connectivity index (χ4n) is 1.18. The standard InChI is InChI=1S/C11H17NO2/c1-2-10(13)7-5-8-11(14)6-3-4-9-12/h2,11,14H,1,3-8H2. The first kappa shape index (κ1) is 12.9. The fourth-order valence-corrected chi connectivity index (χ4v) is 1.18. The first-order chi connectivity index (χ1) is 6.70. The molecule has 3 heteroatoms. The average Bonchev–Trinajstić information content (AvgIpc) is 2.18. The maximum atomic E-state index is 10.8. The highest BCUT2D eigenvalue weighted by Crippen LogP contribution is 2.08. The fraction of sp³-hybridized carbons (Fsp3) is 0.636. The molecule has 0 amide bonds. The largest absolute Gasteiger partial charge is 0.393 e. The van der Waals surface area contributed by atoms with Gasteiger partial charge in [-0.15, -0.1) is 0 Å². The number of hydrogen-bond donors (Lipinski definition) is 1. The smallest absolute Gasteiger partial charge is 0.155 e. The second kappa shape index (κ2) is 8.46. The minimum atomic E-state index is -0.374. The molecule has 0 aromatic rings. The summed E-state index contributed by atoms with van der Waals surface area (Å²) in [7, 11) is 0. The molecule has 0 bridgehead atoms. The molecule has 0 aromatic carbocycles. The number of allylic oxidation sites excluding steroid dienone is 1. The Hall–Kier alpha value is -1.14. The molecular weight excluding hydrogens is 178 g/mol. The maximum Gasteiger partial charge on any atom is 0.155 e. The van der Waals surface area contributed by atoms with Gasteiger partial charge in [0.15, 0.2) is 5.78 Å². The summed E-state index contributed by atoms with van der Waals surface area (Å²) in [6, 6.07) is 2.03. The normalized spacial score (nSPS) is 11.7. The molecule has 78 valence electrons. The highest BCUT2D eigenvalue weighted by atomic mass is 16.3. The molecule has 3 nitrogen and oxygen atoms in total. The molecule has 0 radical (unpaired) electrons. The summed E-state index contributed by atoms with van der Waals surface area (Å²) >= 11 is 0. The second-order valence-electron chi connectivity index (χ2n) is 3.27. The van der Waals surface area contributed by atoms with E-state index in [4.69, 9.17) is 5.26 Å². The lowest BCUT2D eigenvalue weighted by atomic mass is 10.1. The van der Waals surface area contributed by atoms with Gasteiger partial charge in [-0.25, -0.2) is 0 Å². The molecule has 0 aliphatic heterocycles. The Morgan fingerprint density at radius 3 is 2.71 bits per heavy atom. The van der Waals surface area contributed by atoms with E-state index in [1.54, 1.807) is 0 Å². The van der Waals surface area contributed by atoms with Gasteiger partial charge < -0.3 is 5.11 Å². The monoisotopic (exact) mass is 195 g/mol. The van der Waals surface area contributed by atoms with E-state index >= 15 is 0 Å². The summed E-state index contributed by atoms with van der Waals surface area (Å²) in [6.45, 7) is 3.37. The van der Waals surface area contributed by atoms with Crippen LogP contribution in [-0.4, -0.2) is 17.0 Å². The maximum absolute atomic E-state index is 10.8. The Balaban J connectivity index is 3.35. The molecule has 0 rings (SSSR count). The van der Waals surface area contributed by atoms with Crippen LogP contribution in [0.4, 0.5) is 0 Å². The van der Waals surface area contributed by atoms with Gasteiger partial charge in [-0.05, 0) is 31.8 Å². The summed E-state index contributed by atoms with van der Waals surface area (Å²) < 4.78 is 0. The first-order valence-corrected chi connectivity index (χ1v) is 4.91. The van der Waals surface area contributed by atoms with Crippen LogP contribution in [0.1, 0.15) is 38.5 Å². The van der Waals surface area contributed by atoms with Gasteiger partial charge >= 0.3 is 0 Å². The Morgan fingerprint density at radius 1 is 1.50 bits per heavy atom. The topological polar surface area (TPSA) is 61.1 Å². The Labute approximate surface area is 85.0 Å². The van der Waals surface area contributed by atoms with Crippen molar-refractivity contribution in [1.29, 1.82) is 5.26 Å². The van der Waals surface area contributed by atoms with Crippen LogP contribution in [0.5, 0.6) is 0 Å². The van der Waals surface area contributed by atoms with Gasteiger partial charge in [0.1, 0.15) is 0 Å². The van der Waals surface area contributed by atoms with Crippen molar-refractivity contribution < 1.29 is 9.90 Å². The highest BCUT2D eigenvalue weighted by molar-refractivity contribution is 5.88. The summed E-state index contributed by atoms with van der Waals surface area (Å²) in [5.74, 6) is 0.0224. The Morgan fingerprint density at radius 2 is 2.14 bits per heavy atom. The van der Waals surface area contributed by atoms with E-state index in [-0.39, 0.29) is 11.9 Å². The Kier molecular flexibility index (Phi) is 7.77. The zero-order chi connectivity index (χ0) is 10.8. The third-order valence-electron chi connectivity index (χ3n) is 2.01. The van der Waals surface area contributed by atoms with Gasteiger partial charge in [0.2, 0.25) is 0 Å². The van der Waals surface area contributed by atoms with Crippen molar-refractivity contribution in [2.45, 2.75) is 44.6 Å². The van der Waals surface area contributed by atoms with Crippen LogP contribution in [-0.2, 0) is 4.79 Å². The number of unbranched alkanes of at least 4 members (excludes halogenated alkanes) is 1. The minimum Gasteiger partial charge on any atom is -0.393 e. The van der Waals surface area contributed by atoms with Gasteiger partial charge in [0.05, 0.1) is 12.2 Å². The van der Waals surface area contributed by atoms with E-state index in [9.17, 15) is 9.90 Å². The van der Waals surface area contributed by atoms with Crippen molar-refractivity contribution in [3.05, 3.63) is 12.7 Å². The van der Waals surface area contributed by atoms with Crippen LogP contribution in [0.2, 0.25) is 0 Å². The first-order valence-electron chi connectivity index (χ1n) is 4.91. The quantitative estimate of drug-likeness (QED) is 0.475. The van der Waals surface area contributed by atoms with Crippen LogP contribution in [0.15, 0.2) is 12.7 Å². The van der Waals surface area contributed by atoms with Crippen molar-refractivity contribution in [3.63, 3.8) is 0 Å². The molecule has 0 saturated heterocycles. The van der Waals surface area contributed by atoms with Crippen molar-refractivity contribution in [1.82, 2.24) is 0 Å². The summed E-state index contributed by atoms with van der Waals surface area (Å²) in [4.78, 5) is 10.8. The summed E-state index contributed by atoms with van der Waals surface area (Å²) in [5, 5.41) is 17.7. The molecule has 0 fully saturated rings. The zero-order valence-electron chi connectivity index (χ0n) is 8.41. The van der Waals surface area contributed by atoms with Crippen LogP contribution in [0, 0.1) is 11.3 Å². The Bertz CT molecular complexity index is 218. The predicted octanol–water partition coefficient (Wildman–Crippen LogP) is 1.97. The number of hydrogen-bond acceptors (Lipinski definition) is 3. The number of ketones is 1. The molecule has 1 N–H and O–H groups in total. The van der Waals surface area contributed by atoms with Crippen LogP contribution in [0.3, 0.4) is 0 Å². The number of carbonyl (C=O) groups excluding carboxylic acids is 1. The summed E-state index contributed by atoms with van der Waals surface area (Å²) in [5.41, 5.74) is 0. The third kappa shape index (κ3) is 7.51. The third-order valence-corrected chi connectivity index (χ3v) is 2.01. The molecule has 0 spiro atoms. The van der Waals surface area contributed by atoms with Gasteiger partial charge in [-0.1, -0.05) is 6.58 Å². The predicted molar refractivity (Wildman–Crippen MR) is 54.5 cm³/mol. The van der Waals surface area contributed by atoms with Crippen molar-refractivity contribution in [3.8, 4) is 6.07 Å². The number of carbonyl (C=O) groups is 1. The van der Waals surface area contributed by atoms with E-state index in [2.05, 4.69) is 6.58 Å². The lowest BCUT2D eigenvalue weighted by Gasteiger charge is -2.07. The number of aliphatic hydroxyl groups is 1. The van der Waals surface area contributed by atoms with Crippen LogP contribution >= 0.6 is 0 Å². The molecule has 0 saturated carbocycles. The van der Waals surface area contributed by atoms with E-state index in [1.165, 1.54) is 6.08 Å². The lowest BCUT2D eigenvalue weighted by molar-refractivity contribution is -0.114. The lowest BCUT2D eigenvalue weighted by Crippen LogP contribution is -2.06. The molecule has 0 aromatic heterocycles. The second-order valence-corrected chi connectivity index (χ2v) is 3.27. The molecule has 0 aliphatic rings. The van der Waals surface area contributed by atoms with Crippen molar-refractivity contribution in [2.24, 2.45) is 0 Å². The highest BCUT2D eigenvalue weighted by Gasteiger charge is 2.04. The van der Waals surface area contributed by atoms with E-state index in [0.717, 1.165) is 6.42 Å². The van der Waals surface area contributed by atoms with Crippen molar-refractivity contribution >= 4 is 5.78 Å². The van der Waals surface area contributed by atoms with Gasteiger partial charge in [-0.3, -0.25) is 4.79 Å². The molecule has 1 atom stereocenters. The number of nitrogens with zero attached hydrogens (tertiary/aromatic N) is 1. The van der Waals surface area contributed by atoms with E-state index in [0.29, 0.717) is 32.1 Å². The van der Waals surface area contributed by atoms with Gasteiger partial charge in [-0.2, -0.15) is 5.26 Å². The van der Waals surface area contributed by atoms with Crippen LogP contribution < -0.4 is 0 Å². The zero-order valence-corrected chi connectivity index (χ0v) is 8.41. The number of rotatable bonds is 8. The molecule has 0 heterocycles. The van der Waals surface area contributed by atoms with Gasteiger partial charge in [0, 0.05) is 12.8 Å². The molecule has 0 aliphatic carbocycles. The number of nitriles is 1. The van der Waals surface area contributed by atoms with E-state index in [1.807, 2.05) is 6.07 Å². The molecule has 1 unspecified atom stereocenters.